The molecule has 1 N–H and O–H groups in total. The zero-order valence-electron chi connectivity index (χ0n) is 13.5. The predicted octanol–water partition coefficient (Wildman–Crippen LogP) is 4.13. The first kappa shape index (κ1) is 15.3. The molecule has 0 aromatic carbocycles. The summed E-state index contributed by atoms with van der Waals surface area (Å²) in [6, 6.07) is 2.96. The zero-order chi connectivity index (χ0) is 15.0. The van der Waals surface area contributed by atoms with E-state index in [2.05, 4.69) is 58.0 Å². The molecule has 0 saturated carbocycles. The Kier molecular flexibility index (Phi) is 4.35. The molecule has 0 saturated heterocycles. The van der Waals surface area contributed by atoms with Gasteiger partial charge >= 0.3 is 0 Å². The lowest BCUT2D eigenvalue weighted by molar-refractivity contribution is 0.491. The number of thiophene rings is 1. The van der Waals surface area contributed by atoms with Gasteiger partial charge in [-0.05, 0) is 53.2 Å². The van der Waals surface area contributed by atoms with Crippen LogP contribution in [0.5, 0.6) is 0 Å². The molecule has 20 heavy (non-hydrogen) atoms. The third-order valence-corrected chi connectivity index (χ3v) is 5.03. The van der Waals surface area contributed by atoms with Gasteiger partial charge in [0.25, 0.3) is 0 Å². The molecule has 0 bridgehead atoms. The Bertz CT molecular complexity index is 610. The highest BCUT2D eigenvalue weighted by Crippen LogP contribution is 2.29. The predicted molar refractivity (Wildman–Crippen MR) is 86.4 cm³/mol. The molecule has 0 radical (unpaired) electrons. The van der Waals surface area contributed by atoms with Crippen molar-refractivity contribution < 1.29 is 0 Å². The van der Waals surface area contributed by atoms with E-state index in [0.717, 1.165) is 5.69 Å². The maximum Gasteiger partial charge on any atom is 0.0644 e. The monoisotopic (exact) mass is 291 g/mol. The SMILES string of the molecule is Cc1cc(C(C)NC(C)c2c(C)nn(C)c2C)c(C)s1. The van der Waals surface area contributed by atoms with Crippen LogP contribution in [-0.4, -0.2) is 9.78 Å². The highest BCUT2D eigenvalue weighted by atomic mass is 32.1. The van der Waals surface area contributed by atoms with Gasteiger partial charge < -0.3 is 5.32 Å². The summed E-state index contributed by atoms with van der Waals surface area (Å²) < 4.78 is 1.97. The van der Waals surface area contributed by atoms with Gasteiger partial charge in [-0.15, -0.1) is 11.3 Å². The summed E-state index contributed by atoms with van der Waals surface area (Å²) in [5, 5.41) is 8.23. The first-order valence-corrected chi connectivity index (χ1v) is 7.96. The number of rotatable bonds is 4. The van der Waals surface area contributed by atoms with E-state index < -0.39 is 0 Å². The van der Waals surface area contributed by atoms with Crippen LogP contribution in [0.3, 0.4) is 0 Å². The summed E-state index contributed by atoms with van der Waals surface area (Å²) in [5.74, 6) is 0. The van der Waals surface area contributed by atoms with Crippen LogP contribution in [0, 0.1) is 27.7 Å². The van der Waals surface area contributed by atoms with Crippen molar-refractivity contribution in [1.82, 2.24) is 15.1 Å². The molecule has 2 aromatic rings. The minimum absolute atomic E-state index is 0.304. The van der Waals surface area contributed by atoms with Crippen molar-refractivity contribution >= 4 is 11.3 Å². The van der Waals surface area contributed by atoms with Crippen molar-refractivity contribution in [2.75, 3.05) is 0 Å². The van der Waals surface area contributed by atoms with E-state index in [1.807, 2.05) is 23.1 Å². The molecule has 0 spiro atoms. The van der Waals surface area contributed by atoms with Gasteiger partial charge in [-0.1, -0.05) is 0 Å². The fourth-order valence-corrected chi connectivity index (χ4v) is 4.07. The Hall–Kier alpha value is -1.13. The standard InChI is InChI=1S/C16H25N3S/c1-9-8-15(14(6)20-9)10(2)17-11(3)16-12(4)18-19(7)13(16)5/h8,10-11,17H,1-7H3. The number of aryl methyl sites for hydroxylation is 4. The summed E-state index contributed by atoms with van der Waals surface area (Å²) >= 11 is 1.87. The van der Waals surface area contributed by atoms with Gasteiger partial charge in [-0.3, -0.25) is 4.68 Å². The molecule has 2 unspecified atom stereocenters. The molecule has 0 aliphatic carbocycles. The van der Waals surface area contributed by atoms with Crippen LogP contribution < -0.4 is 5.32 Å². The van der Waals surface area contributed by atoms with Crippen LogP contribution in [-0.2, 0) is 7.05 Å². The lowest BCUT2D eigenvalue weighted by atomic mass is 10.0. The van der Waals surface area contributed by atoms with Gasteiger partial charge in [-0.25, -0.2) is 0 Å². The minimum Gasteiger partial charge on any atom is -0.303 e. The van der Waals surface area contributed by atoms with Gasteiger partial charge in [0.1, 0.15) is 0 Å². The fourth-order valence-electron chi connectivity index (χ4n) is 3.05. The molecule has 0 amide bonds. The third-order valence-electron chi connectivity index (χ3n) is 4.04. The fraction of sp³-hybridized carbons (Fsp3) is 0.562. The van der Waals surface area contributed by atoms with Crippen molar-refractivity contribution in [2.24, 2.45) is 7.05 Å². The van der Waals surface area contributed by atoms with E-state index in [0.29, 0.717) is 12.1 Å². The molecular weight excluding hydrogens is 266 g/mol. The van der Waals surface area contributed by atoms with Crippen molar-refractivity contribution in [3.05, 3.63) is 38.3 Å². The molecule has 2 heterocycles. The number of hydrogen-bond acceptors (Lipinski definition) is 3. The molecule has 2 aromatic heterocycles. The Labute approximate surface area is 126 Å². The highest BCUT2D eigenvalue weighted by Gasteiger charge is 2.19. The van der Waals surface area contributed by atoms with Gasteiger partial charge in [0.15, 0.2) is 0 Å². The minimum atomic E-state index is 0.304. The van der Waals surface area contributed by atoms with Crippen LogP contribution in [0.2, 0.25) is 0 Å². The van der Waals surface area contributed by atoms with Crippen molar-refractivity contribution in [3.63, 3.8) is 0 Å². The topological polar surface area (TPSA) is 29.9 Å². The second kappa shape index (κ2) is 5.70. The molecule has 4 heteroatoms. The van der Waals surface area contributed by atoms with E-state index in [9.17, 15) is 0 Å². The van der Waals surface area contributed by atoms with Crippen molar-refractivity contribution in [3.8, 4) is 0 Å². The first-order chi connectivity index (χ1) is 9.31. The molecule has 2 atom stereocenters. The molecule has 3 nitrogen and oxygen atoms in total. The second-order valence-corrected chi connectivity index (χ2v) is 7.15. The van der Waals surface area contributed by atoms with Crippen LogP contribution in [0.15, 0.2) is 6.07 Å². The third kappa shape index (κ3) is 2.81. The zero-order valence-corrected chi connectivity index (χ0v) is 14.4. The maximum atomic E-state index is 4.51. The smallest absolute Gasteiger partial charge is 0.0644 e. The summed E-state index contributed by atoms with van der Waals surface area (Å²) in [6.07, 6.45) is 0. The van der Waals surface area contributed by atoms with E-state index in [4.69, 9.17) is 0 Å². The van der Waals surface area contributed by atoms with E-state index in [-0.39, 0.29) is 0 Å². The van der Waals surface area contributed by atoms with Gasteiger partial charge in [0.05, 0.1) is 5.69 Å². The maximum absolute atomic E-state index is 4.51. The lowest BCUT2D eigenvalue weighted by Crippen LogP contribution is -2.23. The normalized spacial score (nSPS) is 14.6. The Morgan fingerprint density at radius 3 is 2.25 bits per heavy atom. The molecule has 0 aliphatic rings. The highest BCUT2D eigenvalue weighted by molar-refractivity contribution is 7.12. The summed E-state index contributed by atoms with van der Waals surface area (Å²) in [6.45, 7) is 13.1. The molecule has 110 valence electrons. The Morgan fingerprint density at radius 1 is 1.15 bits per heavy atom. The average Bonchev–Trinajstić information content (AvgIpc) is 2.79. The summed E-state index contributed by atoms with van der Waals surface area (Å²) in [5.41, 5.74) is 5.10. The first-order valence-electron chi connectivity index (χ1n) is 7.14. The van der Waals surface area contributed by atoms with Gasteiger partial charge in [0, 0.05) is 40.1 Å². The van der Waals surface area contributed by atoms with Crippen LogP contribution in [0.4, 0.5) is 0 Å². The largest absolute Gasteiger partial charge is 0.303 e. The van der Waals surface area contributed by atoms with Gasteiger partial charge in [0.2, 0.25) is 0 Å². The molecule has 2 rings (SSSR count). The van der Waals surface area contributed by atoms with Crippen molar-refractivity contribution in [1.29, 1.82) is 0 Å². The van der Waals surface area contributed by atoms with E-state index >= 15 is 0 Å². The summed E-state index contributed by atoms with van der Waals surface area (Å²) in [7, 11) is 2.01. The Balaban J connectivity index is 2.19. The second-order valence-electron chi connectivity index (χ2n) is 5.69. The average molecular weight is 291 g/mol. The number of aromatic nitrogens is 2. The van der Waals surface area contributed by atoms with Crippen LogP contribution in [0.25, 0.3) is 0 Å². The number of nitrogens with one attached hydrogen (secondary N) is 1. The molecule has 0 aliphatic heterocycles. The molecular formula is C16H25N3S. The van der Waals surface area contributed by atoms with Crippen LogP contribution in [0.1, 0.15) is 58.2 Å². The van der Waals surface area contributed by atoms with Crippen LogP contribution >= 0.6 is 11.3 Å². The molecule has 0 fully saturated rings. The van der Waals surface area contributed by atoms with Gasteiger partial charge in [-0.2, -0.15) is 5.10 Å². The van der Waals surface area contributed by atoms with E-state index in [1.165, 1.54) is 26.6 Å². The Morgan fingerprint density at radius 2 is 1.80 bits per heavy atom. The van der Waals surface area contributed by atoms with Crippen molar-refractivity contribution in [2.45, 2.75) is 53.6 Å². The lowest BCUT2D eigenvalue weighted by Gasteiger charge is -2.21. The summed E-state index contributed by atoms with van der Waals surface area (Å²) in [4.78, 5) is 2.79. The quantitative estimate of drug-likeness (QED) is 0.918. The number of nitrogens with zero attached hydrogens (tertiary/aromatic N) is 2. The number of hydrogen-bond donors (Lipinski definition) is 1. The van der Waals surface area contributed by atoms with E-state index in [1.54, 1.807) is 0 Å².